The Balaban J connectivity index is 1.80. The van der Waals surface area contributed by atoms with Gasteiger partial charge < -0.3 is 4.57 Å². The fourth-order valence-corrected chi connectivity index (χ4v) is 3.07. The van der Waals surface area contributed by atoms with Crippen LogP contribution in [0.3, 0.4) is 0 Å². The zero-order valence-electron chi connectivity index (χ0n) is 12.6. The molecular formula is C15H20F2N4O. The van der Waals surface area contributed by atoms with Crippen molar-refractivity contribution in [1.29, 1.82) is 0 Å². The molecule has 0 saturated heterocycles. The number of aromatic nitrogens is 4. The summed E-state index contributed by atoms with van der Waals surface area (Å²) < 4.78 is 29.7. The SMILES string of the molecule is CCCc1nnc2c(=O)n(CC3CCC(F)(F)CC3)ccn12. The van der Waals surface area contributed by atoms with E-state index in [1.165, 1.54) is 0 Å². The van der Waals surface area contributed by atoms with E-state index in [1.54, 1.807) is 21.4 Å². The second-order valence-corrected chi connectivity index (χ2v) is 6.11. The molecule has 0 unspecified atom stereocenters. The van der Waals surface area contributed by atoms with Crippen LogP contribution in [0.25, 0.3) is 5.65 Å². The molecule has 3 rings (SSSR count). The van der Waals surface area contributed by atoms with E-state index in [0.717, 1.165) is 18.7 Å². The van der Waals surface area contributed by atoms with Gasteiger partial charge in [-0.25, -0.2) is 8.78 Å². The van der Waals surface area contributed by atoms with Gasteiger partial charge in [0.15, 0.2) is 0 Å². The predicted molar refractivity (Wildman–Crippen MR) is 78.1 cm³/mol. The lowest BCUT2D eigenvalue weighted by molar-refractivity contribution is -0.0474. The Morgan fingerprint density at radius 3 is 2.68 bits per heavy atom. The molecule has 2 heterocycles. The topological polar surface area (TPSA) is 52.2 Å². The van der Waals surface area contributed by atoms with Crippen molar-refractivity contribution in [1.82, 2.24) is 19.2 Å². The van der Waals surface area contributed by atoms with Crippen molar-refractivity contribution in [3.63, 3.8) is 0 Å². The summed E-state index contributed by atoms with van der Waals surface area (Å²) in [5.74, 6) is -1.63. The van der Waals surface area contributed by atoms with Gasteiger partial charge in [-0.05, 0) is 25.2 Å². The first kappa shape index (κ1) is 15.1. The van der Waals surface area contributed by atoms with E-state index in [0.29, 0.717) is 25.0 Å². The van der Waals surface area contributed by atoms with Gasteiger partial charge >= 0.3 is 0 Å². The average Bonchev–Trinajstić information content (AvgIpc) is 2.88. The second-order valence-electron chi connectivity index (χ2n) is 6.11. The summed E-state index contributed by atoms with van der Waals surface area (Å²) in [7, 11) is 0. The van der Waals surface area contributed by atoms with Crippen LogP contribution in [0.15, 0.2) is 17.2 Å². The van der Waals surface area contributed by atoms with Gasteiger partial charge in [-0.2, -0.15) is 0 Å². The van der Waals surface area contributed by atoms with Crippen LogP contribution in [0.5, 0.6) is 0 Å². The Bertz CT molecular complexity index is 712. The van der Waals surface area contributed by atoms with Gasteiger partial charge in [0.2, 0.25) is 11.6 Å². The largest absolute Gasteiger partial charge is 0.311 e. The van der Waals surface area contributed by atoms with Crippen LogP contribution in [-0.2, 0) is 13.0 Å². The van der Waals surface area contributed by atoms with Crippen molar-refractivity contribution in [3.8, 4) is 0 Å². The molecule has 120 valence electrons. The highest BCUT2D eigenvalue weighted by molar-refractivity contribution is 5.34. The molecule has 2 aromatic heterocycles. The van der Waals surface area contributed by atoms with Crippen molar-refractivity contribution < 1.29 is 8.78 Å². The Hall–Kier alpha value is -1.79. The third-order valence-corrected chi connectivity index (χ3v) is 4.38. The van der Waals surface area contributed by atoms with Crippen molar-refractivity contribution >= 4 is 5.65 Å². The van der Waals surface area contributed by atoms with E-state index in [1.807, 2.05) is 6.92 Å². The molecule has 1 aliphatic carbocycles. The standard InChI is InChI=1S/C15H20F2N4O/c1-2-3-12-18-19-13-14(22)20(8-9-21(12)13)10-11-4-6-15(16,17)7-5-11/h8-9,11H,2-7,10H2,1H3. The summed E-state index contributed by atoms with van der Waals surface area (Å²) in [6.07, 6.45) is 5.95. The number of halogens is 2. The molecule has 0 N–H and O–H groups in total. The summed E-state index contributed by atoms with van der Waals surface area (Å²) in [5.41, 5.74) is 0.113. The Morgan fingerprint density at radius 2 is 2.00 bits per heavy atom. The van der Waals surface area contributed by atoms with Crippen molar-refractivity contribution in [2.24, 2.45) is 5.92 Å². The fourth-order valence-electron chi connectivity index (χ4n) is 3.07. The van der Waals surface area contributed by atoms with Crippen LogP contribution in [0, 0.1) is 5.92 Å². The molecule has 0 aromatic carbocycles. The fraction of sp³-hybridized carbons (Fsp3) is 0.667. The number of alkyl halides is 2. The van der Waals surface area contributed by atoms with Crippen molar-refractivity contribution in [3.05, 3.63) is 28.6 Å². The molecule has 0 radical (unpaired) electrons. The second kappa shape index (κ2) is 5.78. The molecule has 0 atom stereocenters. The summed E-state index contributed by atoms with van der Waals surface area (Å²) in [6.45, 7) is 2.52. The molecule has 22 heavy (non-hydrogen) atoms. The maximum Gasteiger partial charge on any atom is 0.296 e. The minimum Gasteiger partial charge on any atom is -0.311 e. The maximum atomic E-state index is 13.2. The zero-order valence-corrected chi connectivity index (χ0v) is 12.6. The summed E-state index contributed by atoms with van der Waals surface area (Å²) in [4.78, 5) is 12.4. The molecule has 1 saturated carbocycles. The number of nitrogens with zero attached hydrogens (tertiary/aromatic N) is 4. The Morgan fingerprint density at radius 1 is 1.27 bits per heavy atom. The lowest BCUT2D eigenvalue weighted by Gasteiger charge is -2.28. The highest BCUT2D eigenvalue weighted by atomic mass is 19.3. The molecule has 0 bridgehead atoms. The molecule has 0 aliphatic heterocycles. The molecule has 7 heteroatoms. The lowest BCUT2D eigenvalue weighted by Crippen LogP contribution is -2.30. The monoisotopic (exact) mass is 310 g/mol. The van der Waals surface area contributed by atoms with Gasteiger partial charge in [-0.15, -0.1) is 10.2 Å². The molecular weight excluding hydrogens is 290 g/mol. The summed E-state index contributed by atoms with van der Waals surface area (Å²) in [5, 5.41) is 8.03. The minimum atomic E-state index is -2.53. The zero-order chi connectivity index (χ0) is 15.7. The van der Waals surface area contributed by atoms with Crippen LogP contribution in [-0.4, -0.2) is 25.1 Å². The maximum absolute atomic E-state index is 13.2. The van der Waals surface area contributed by atoms with Gasteiger partial charge in [0.25, 0.3) is 5.56 Å². The van der Waals surface area contributed by atoms with Gasteiger partial charge in [-0.3, -0.25) is 9.20 Å². The Kier molecular flexibility index (Phi) is 3.97. The molecule has 1 fully saturated rings. The number of hydrogen-bond acceptors (Lipinski definition) is 3. The number of hydrogen-bond donors (Lipinski definition) is 0. The summed E-state index contributed by atoms with van der Waals surface area (Å²) >= 11 is 0. The molecule has 2 aromatic rings. The first-order chi connectivity index (χ1) is 10.5. The number of rotatable bonds is 4. The van der Waals surface area contributed by atoms with E-state index >= 15 is 0 Å². The molecule has 0 amide bonds. The normalized spacial score (nSPS) is 18.9. The lowest BCUT2D eigenvalue weighted by atomic mass is 9.87. The quantitative estimate of drug-likeness (QED) is 0.872. The molecule has 5 nitrogen and oxygen atoms in total. The minimum absolute atomic E-state index is 0.0831. The average molecular weight is 310 g/mol. The van der Waals surface area contributed by atoms with Gasteiger partial charge in [0.1, 0.15) is 5.82 Å². The van der Waals surface area contributed by atoms with Crippen LogP contribution in [0.4, 0.5) is 8.78 Å². The number of aryl methyl sites for hydroxylation is 1. The van der Waals surface area contributed by atoms with Gasteiger partial charge in [0, 0.05) is 38.2 Å². The first-order valence-corrected chi connectivity index (χ1v) is 7.81. The molecule has 0 spiro atoms. The van der Waals surface area contributed by atoms with Gasteiger partial charge in [-0.1, -0.05) is 6.92 Å². The van der Waals surface area contributed by atoms with Crippen LogP contribution < -0.4 is 5.56 Å². The highest BCUT2D eigenvalue weighted by Gasteiger charge is 2.34. The Labute approximate surface area is 127 Å². The first-order valence-electron chi connectivity index (χ1n) is 7.81. The smallest absolute Gasteiger partial charge is 0.296 e. The van der Waals surface area contributed by atoms with E-state index < -0.39 is 5.92 Å². The third kappa shape index (κ3) is 2.89. The van der Waals surface area contributed by atoms with Crippen molar-refractivity contribution in [2.45, 2.75) is 57.9 Å². The third-order valence-electron chi connectivity index (χ3n) is 4.38. The molecule has 1 aliphatic rings. The predicted octanol–water partition coefficient (Wildman–Crippen LogP) is 2.67. The van der Waals surface area contributed by atoms with E-state index in [-0.39, 0.29) is 24.3 Å². The van der Waals surface area contributed by atoms with E-state index in [2.05, 4.69) is 10.2 Å². The number of fused-ring (bicyclic) bond motifs is 1. The van der Waals surface area contributed by atoms with Gasteiger partial charge in [0.05, 0.1) is 0 Å². The van der Waals surface area contributed by atoms with Crippen LogP contribution in [0.1, 0.15) is 44.9 Å². The van der Waals surface area contributed by atoms with E-state index in [9.17, 15) is 13.6 Å². The van der Waals surface area contributed by atoms with E-state index in [4.69, 9.17) is 0 Å². The van der Waals surface area contributed by atoms with Crippen LogP contribution in [0.2, 0.25) is 0 Å². The highest BCUT2D eigenvalue weighted by Crippen LogP contribution is 2.36. The summed E-state index contributed by atoms with van der Waals surface area (Å²) in [6, 6.07) is 0. The van der Waals surface area contributed by atoms with Crippen LogP contribution >= 0.6 is 0 Å². The van der Waals surface area contributed by atoms with Crippen molar-refractivity contribution in [2.75, 3.05) is 0 Å².